The first kappa shape index (κ1) is 59.7. The van der Waals surface area contributed by atoms with E-state index < -0.39 is 0 Å². The highest BCUT2D eigenvalue weighted by Gasteiger charge is 2.34. The lowest BCUT2D eigenvalue weighted by Crippen LogP contribution is -2.27. The fraction of sp³-hybridized carbons (Fsp3) is 0.381. The van der Waals surface area contributed by atoms with E-state index in [9.17, 15) is 19.5 Å². The van der Waals surface area contributed by atoms with Crippen molar-refractivity contribution in [2.24, 2.45) is 10.8 Å². The minimum absolute atomic E-state index is 0.0135. The van der Waals surface area contributed by atoms with Crippen molar-refractivity contribution in [1.82, 2.24) is 60.8 Å². The molecule has 86 heavy (non-hydrogen) atoms. The summed E-state index contributed by atoms with van der Waals surface area (Å²) in [6.07, 6.45) is 1.72. The van der Waals surface area contributed by atoms with Gasteiger partial charge in [0.2, 0.25) is 0 Å². The number of aryl methyl sites for hydroxylation is 3. The van der Waals surface area contributed by atoms with Crippen molar-refractivity contribution in [2.75, 3.05) is 35.6 Å². The zero-order chi connectivity index (χ0) is 61.6. The van der Waals surface area contributed by atoms with E-state index >= 15 is 0 Å². The van der Waals surface area contributed by atoms with E-state index in [0.717, 1.165) is 118 Å². The number of carbonyl (C=O) groups is 3. The molecule has 3 aliphatic rings. The van der Waals surface area contributed by atoms with Gasteiger partial charge in [0.15, 0.2) is 0 Å². The van der Waals surface area contributed by atoms with Gasteiger partial charge in [0.25, 0.3) is 17.7 Å². The highest BCUT2D eigenvalue weighted by molar-refractivity contribution is 6.04. The van der Waals surface area contributed by atoms with Crippen molar-refractivity contribution in [3.8, 4) is 33.8 Å². The van der Waals surface area contributed by atoms with Crippen LogP contribution in [-0.4, -0.2) is 104 Å². The molecule has 23 heteroatoms. The largest absolute Gasteiger partial charge is 0.396 e. The molecule has 0 radical (unpaired) electrons. The average Bonchev–Trinajstić information content (AvgIpc) is 1.58. The Kier molecular flexibility index (Phi) is 16.3. The van der Waals surface area contributed by atoms with Crippen molar-refractivity contribution < 1.29 is 19.5 Å². The molecular formula is C63H75N19O4. The minimum atomic E-state index is -0.201. The van der Waals surface area contributed by atoms with Crippen molar-refractivity contribution >= 4 is 68.3 Å². The molecule has 12 rings (SSSR count). The van der Waals surface area contributed by atoms with Crippen molar-refractivity contribution in [2.45, 2.75) is 137 Å². The van der Waals surface area contributed by atoms with Crippen LogP contribution in [0.25, 0.3) is 77.3 Å². The van der Waals surface area contributed by atoms with Gasteiger partial charge < -0.3 is 57.7 Å². The normalized spacial score (nSPS) is 16.1. The van der Waals surface area contributed by atoms with E-state index in [1.807, 2.05) is 93.6 Å². The molecule has 0 saturated carbocycles. The SMILES string of the molecule is Cc1nc2cccc(-c3cc4c([nH]3)C(CCN)NC4=O)c2nc1NC(C)(C)C.Cc1nc2cccc(-c3cc4c([nH]3)C(CCN=[N+]=[N-])NC4=O)c2nc1NC(C)(C)C.Cc1nc2cccc(-c3cc4c([nH]3)C(CCO)NC4=O)c2nc1NC(C)(C)C. The number of anilines is 3. The second kappa shape index (κ2) is 23.5. The second-order valence-electron chi connectivity index (χ2n) is 25.1. The third kappa shape index (κ3) is 12.7. The molecule has 0 bridgehead atoms. The summed E-state index contributed by atoms with van der Waals surface area (Å²) < 4.78 is 0. The van der Waals surface area contributed by atoms with Crippen LogP contribution in [0.4, 0.5) is 17.5 Å². The number of nitrogens with zero attached hydrogens (tertiary/aromatic N) is 9. The monoisotopic (exact) mass is 1160 g/mol. The number of aliphatic hydroxyl groups is 1. The van der Waals surface area contributed by atoms with Gasteiger partial charge in [-0.2, -0.15) is 0 Å². The molecule has 0 aliphatic carbocycles. The second-order valence-corrected chi connectivity index (χ2v) is 25.1. The van der Waals surface area contributed by atoms with Crippen LogP contribution in [0.2, 0.25) is 0 Å². The Bertz CT molecular complexity index is 3980. The number of nitrogens with two attached hydrogens (primary N) is 1. The zero-order valence-electron chi connectivity index (χ0n) is 50.7. The molecule has 3 atom stereocenters. The summed E-state index contributed by atoms with van der Waals surface area (Å²) in [4.78, 5) is 78.7. The predicted molar refractivity (Wildman–Crippen MR) is 337 cm³/mol. The summed E-state index contributed by atoms with van der Waals surface area (Å²) >= 11 is 0. The number of hydrogen-bond acceptors (Lipinski definition) is 15. The molecule has 446 valence electrons. The van der Waals surface area contributed by atoms with Gasteiger partial charge in [-0.25, -0.2) is 29.9 Å². The lowest BCUT2D eigenvalue weighted by Gasteiger charge is -2.22. The van der Waals surface area contributed by atoms with E-state index in [-0.39, 0.29) is 59.1 Å². The Balaban J connectivity index is 0.000000143. The van der Waals surface area contributed by atoms with Gasteiger partial charge in [-0.15, -0.1) is 0 Å². The standard InChI is InChI=1S/C21H24N8O.C21H26N6O.C21H25N5O2/c1-11-19(28-21(2,3)4)27-17-12(6-5-7-14(17)24-11)16-10-13-18(25-16)15(26-20(13)30)8-9-23-29-22;1-11-19(27-21(2,3)4)26-17-12(6-5-7-14(17)23-11)16-10-13-18(24-16)15(8-9-22)25-20(13)28;1-11-19(26-21(2,3)4)25-17-12(6-5-7-14(17)22-11)16-10-13-18(23-16)15(8-9-27)24-20(13)28/h5-7,10,15,25H,8-9H2,1-4H3,(H,26,30)(H,27,28);5-7,10,15,24H,8-9,22H2,1-4H3,(H,25,28)(H,26,27);5-7,10,15,23,27H,8-9H2,1-4H3,(H,24,28)(H,25,26). The molecule has 3 aromatic carbocycles. The first-order valence-electron chi connectivity index (χ1n) is 28.9. The first-order valence-corrected chi connectivity index (χ1v) is 28.9. The maximum atomic E-state index is 12.4. The molecule has 0 spiro atoms. The molecule has 3 unspecified atom stereocenters. The Labute approximate surface area is 498 Å². The van der Waals surface area contributed by atoms with Crippen LogP contribution in [0.5, 0.6) is 0 Å². The third-order valence-corrected chi connectivity index (χ3v) is 14.7. The fourth-order valence-corrected chi connectivity index (χ4v) is 10.9. The van der Waals surface area contributed by atoms with Gasteiger partial charge in [0.1, 0.15) is 34.0 Å². The van der Waals surface area contributed by atoms with Crippen molar-refractivity contribution in [3.63, 3.8) is 0 Å². The number of carbonyl (C=O) groups excluding carboxylic acids is 3. The van der Waals surface area contributed by atoms with Crippen LogP contribution in [0.3, 0.4) is 0 Å². The first-order chi connectivity index (χ1) is 40.8. The number of fused-ring (bicyclic) bond motifs is 6. The summed E-state index contributed by atoms with van der Waals surface area (Å²) in [6.45, 7) is 25.4. The summed E-state index contributed by atoms with van der Waals surface area (Å²) in [5.74, 6) is 1.95. The Hall–Kier alpha value is -9.44. The van der Waals surface area contributed by atoms with Gasteiger partial charge in [-0.1, -0.05) is 41.5 Å². The van der Waals surface area contributed by atoms with E-state index in [0.29, 0.717) is 49.0 Å². The molecule has 23 nitrogen and oxygen atoms in total. The lowest BCUT2D eigenvalue weighted by molar-refractivity contribution is 0.0944. The molecule has 9 heterocycles. The number of aromatic amines is 3. The van der Waals surface area contributed by atoms with Crippen LogP contribution < -0.4 is 37.6 Å². The van der Waals surface area contributed by atoms with Gasteiger partial charge >= 0.3 is 0 Å². The van der Waals surface area contributed by atoms with Crippen LogP contribution in [0.15, 0.2) is 77.9 Å². The summed E-state index contributed by atoms with van der Waals surface area (Å²) in [5, 5.41) is 31.9. The highest BCUT2D eigenvalue weighted by atomic mass is 16.3. The maximum absolute atomic E-state index is 12.4. The number of nitrogens with one attached hydrogen (secondary N) is 9. The molecule has 3 aliphatic heterocycles. The smallest absolute Gasteiger partial charge is 0.253 e. The topological polar surface area (TPSA) is 343 Å². The number of amides is 3. The van der Waals surface area contributed by atoms with Crippen molar-refractivity contribution in [3.05, 3.63) is 134 Å². The number of H-pyrrole nitrogens is 3. The number of benzene rings is 3. The fourth-order valence-electron chi connectivity index (χ4n) is 10.9. The molecule has 12 N–H and O–H groups in total. The number of para-hydroxylation sites is 3. The minimum Gasteiger partial charge on any atom is -0.396 e. The average molecular weight is 1160 g/mol. The van der Waals surface area contributed by atoms with E-state index in [4.69, 9.17) is 41.2 Å². The predicted octanol–water partition coefficient (Wildman–Crippen LogP) is 11.2. The number of azide groups is 1. The Morgan fingerprint density at radius 2 is 0.837 bits per heavy atom. The van der Waals surface area contributed by atoms with Gasteiger partial charge in [-0.3, -0.25) is 14.4 Å². The molecule has 0 saturated heterocycles. The maximum Gasteiger partial charge on any atom is 0.253 e. The van der Waals surface area contributed by atoms with E-state index in [2.05, 4.69) is 119 Å². The molecule has 3 amide bonds. The van der Waals surface area contributed by atoms with E-state index in [1.165, 1.54) is 0 Å². The third-order valence-electron chi connectivity index (χ3n) is 14.7. The van der Waals surface area contributed by atoms with Gasteiger partial charge in [0, 0.05) is 68.5 Å². The number of rotatable bonds is 13. The molecular weight excluding hydrogens is 1090 g/mol. The van der Waals surface area contributed by atoms with Crippen LogP contribution in [0, 0.1) is 20.8 Å². The Morgan fingerprint density at radius 1 is 0.512 bits per heavy atom. The van der Waals surface area contributed by atoms with Crippen molar-refractivity contribution in [1.29, 1.82) is 0 Å². The number of aliphatic hydroxyl groups excluding tert-OH is 1. The summed E-state index contributed by atoms with van der Waals surface area (Å²) in [5.41, 5.74) is 30.8. The molecule has 6 aromatic heterocycles. The summed E-state index contributed by atoms with van der Waals surface area (Å²) in [6, 6.07) is 22.8. The van der Waals surface area contributed by atoms with Crippen LogP contribution in [-0.2, 0) is 0 Å². The molecule has 9 aromatic rings. The van der Waals surface area contributed by atoms with Gasteiger partial charge in [-0.05, 0) is 151 Å². The van der Waals surface area contributed by atoms with Crippen LogP contribution in [0.1, 0.15) is 165 Å². The van der Waals surface area contributed by atoms with Gasteiger partial charge in [0.05, 0.1) is 85.5 Å². The number of aromatic nitrogens is 9. The summed E-state index contributed by atoms with van der Waals surface area (Å²) in [7, 11) is 0. The van der Waals surface area contributed by atoms with Crippen LogP contribution >= 0.6 is 0 Å². The zero-order valence-corrected chi connectivity index (χ0v) is 50.7. The quantitative estimate of drug-likeness (QED) is 0.0290. The van der Waals surface area contributed by atoms with E-state index in [1.54, 1.807) is 0 Å². The highest BCUT2D eigenvalue weighted by Crippen LogP contribution is 2.38. The number of hydrogen-bond donors (Lipinski definition) is 11. The Morgan fingerprint density at radius 3 is 1.14 bits per heavy atom. The molecule has 0 fully saturated rings. The lowest BCUT2D eigenvalue weighted by atomic mass is 10.1.